The van der Waals surface area contributed by atoms with Crippen LogP contribution < -0.4 is 0 Å². The highest BCUT2D eigenvalue weighted by Gasteiger charge is 2.38. The van der Waals surface area contributed by atoms with Crippen molar-refractivity contribution in [1.82, 2.24) is 0 Å². The smallest absolute Gasteiger partial charge is 0.316 e. The molecule has 0 aromatic heterocycles. The Labute approximate surface area is 71.4 Å². The molecule has 1 aliphatic rings. The van der Waals surface area contributed by atoms with Crippen LogP contribution in [-0.2, 0) is 14.3 Å². The van der Waals surface area contributed by atoms with Gasteiger partial charge in [0.05, 0.1) is 7.11 Å². The third-order valence-electron chi connectivity index (χ3n) is 2.26. The van der Waals surface area contributed by atoms with Crippen molar-refractivity contribution in [3.05, 3.63) is 12.7 Å². The van der Waals surface area contributed by atoms with Crippen LogP contribution in [0.4, 0.5) is 0 Å². The van der Waals surface area contributed by atoms with Gasteiger partial charge in [0, 0.05) is 6.42 Å². The first-order valence-electron chi connectivity index (χ1n) is 3.93. The molecule has 0 N–H and O–H groups in total. The zero-order valence-corrected chi connectivity index (χ0v) is 7.08. The molecule has 66 valence electrons. The lowest BCUT2D eigenvalue weighted by molar-refractivity contribution is -0.149. The Hall–Kier alpha value is -1.12. The van der Waals surface area contributed by atoms with E-state index >= 15 is 0 Å². The average molecular weight is 168 g/mol. The first kappa shape index (κ1) is 8.97. The summed E-state index contributed by atoms with van der Waals surface area (Å²) < 4.78 is 4.53. The van der Waals surface area contributed by atoms with E-state index in [0.29, 0.717) is 6.42 Å². The molecule has 2 atom stereocenters. The summed E-state index contributed by atoms with van der Waals surface area (Å²) in [5.74, 6) is -1.06. The van der Waals surface area contributed by atoms with Gasteiger partial charge in [-0.2, -0.15) is 0 Å². The van der Waals surface area contributed by atoms with Crippen molar-refractivity contribution in [3.63, 3.8) is 0 Å². The number of rotatable bonds is 2. The molecule has 0 spiro atoms. The fourth-order valence-electron chi connectivity index (χ4n) is 1.56. The van der Waals surface area contributed by atoms with Crippen molar-refractivity contribution in [2.24, 2.45) is 11.8 Å². The normalized spacial score (nSPS) is 28.6. The molecule has 0 aromatic rings. The summed E-state index contributed by atoms with van der Waals surface area (Å²) in [6.45, 7) is 3.58. The predicted octanol–water partition coefficient (Wildman–Crippen LogP) is 0.941. The van der Waals surface area contributed by atoms with Crippen LogP contribution in [0.3, 0.4) is 0 Å². The van der Waals surface area contributed by atoms with Crippen molar-refractivity contribution in [1.29, 1.82) is 0 Å². The molecule has 0 unspecified atom stereocenters. The standard InChI is InChI=1S/C9H12O3/c1-3-6-4-5-7(10)8(6)9(11)12-2/h3,6,8H,1,4-5H2,2H3/t6-,8-/m0/s1. The Morgan fingerprint density at radius 2 is 2.42 bits per heavy atom. The van der Waals surface area contributed by atoms with Crippen LogP contribution in [0, 0.1) is 11.8 Å². The Balaban J connectivity index is 2.76. The second-order valence-corrected chi connectivity index (χ2v) is 2.91. The summed E-state index contributed by atoms with van der Waals surface area (Å²) in [6.07, 6.45) is 2.85. The van der Waals surface area contributed by atoms with Crippen molar-refractivity contribution in [3.8, 4) is 0 Å². The summed E-state index contributed by atoms with van der Waals surface area (Å²) in [6, 6.07) is 0. The minimum atomic E-state index is -0.590. The molecule has 1 fully saturated rings. The highest BCUT2D eigenvalue weighted by molar-refractivity contribution is 6.01. The lowest BCUT2D eigenvalue weighted by atomic mass is 9.96. The zero-order valence-electron chi connectivity index (χ0n) is 7.08. The van der Waals surface area contributed by atoms with E-state index in [0.717, 1.165) is 6.42 Å². The molecule has 0 saturated heterocycles. The van der Waals surface area contributed by atoms with Gasteiger partial charge in [0.15, 0.2) is 0 Å². The number of methoxy groups -OCH3 is 1. The molecule has 0 radical (unpaired) electrons. The van der Waals surface area contributed by atoms with Gasteiger partial charge in [0.2, 0.25) is 0 Å². The van der Waals surface area contributed by atoms with Crippen LogP contribution >= 0.6 is 0 Å². The van der Waals surface area contributed by atoms with E-state index in [1.54, 1.807) is 6.08 Å². The summed E-state index contributed by atoms with van der Waals surface area (Å²) in [4.78, 5) is 22.3. The van der Waals surface area contributed by atoms with Crippen molar-refractivity contribution < 1.29 is 14.3 Å². The van der Waals surface area contributed by atoms with Crippen molar-refractivity contribution in [2.75, 3.05) is 7.11 Å². The van der Waals surface area contributed by atoms with Crippen LogP contribution in [0.2, 0.25) is 0 Å². The van der Waals surface area contributed by atoms with Gasteiger partial charge < -0.3 is 4.74 Å². The molecule has 0 aliphatic heterocycles. The number of hydrogen-bond donors (Lipinski definition) is 0. The van der Waals surface area contributed by atoms with Gasteiger partial charge >= 0.3 is 5.97 Å². The third-order valence-corrected chi connectivity index (χ3v) is 2.26. The third kappa shape index (κ3) is 1.40. The van der Waals surface area contributed by atoms with Crippen LogP contribution in [0.15, 0.2) is 12.7 Å². The maximum absolute atomic E-state index is 11.2. The second kappa shape index (κ2) is 3.52. The predicted molar refractivity (Wildman–Crippen MR) is 43.4 cm³/mol. The van der Waals surface area contributed by atoms with Gasteiger partial charge in [-0.25, -0.2) is 0 Å². The Bertz CT molecular complexity index is 220. The fraction of sp³-hybridized carbons (Fsp3) is 0.556. The van der Waals surface area contributed by atoms with E-state index in [-0.39, 0.29) is 11.7 Å². The summed E-state index contributed by atoms with van der Waals surface area (Å²) in [5, 5.41) is 0. The zero-order chi connectivity index (χ0) is 9.14. The monoisotopic (exact) mass is 168 g/mol. The van der Waals surface area contributed by atoms with Crippen LogP contribution in [0.1, 0.15) is 12.8 Å². The molecule has 0 bridgehead atoms. The topological polar surface area (TPSA) is 43.4 Å². The Morgan fingerprint density at radius 3 is 2.92 bits per heavy atom. The number of ketones is 1. The molecular formula is C9H12O3. The SMILES string of the molecule is C=C[C@H]1CCC(=O)[C@H]1C(=O)OC. The van der Waals surface area contributed by atoms with E-state index < -0.39 is 11.9 Å². The summed E-state index contributed by atoms with van der Waals surface area (Å²) in [5.41, 5.74) is 0. The Kier molecular flexibility index (Phi) is 2.63. The lowest BCUT2D eigenvalue weighted by Gasteiger charge is -2.10. The van der Waals surface area contributed by atoms with Gasteiger partial charge in [0.1, 0.15) is 11.7 Å². The van der Waals surface area contributed by atoms with E-state index in [9.17, 15) is 9.59 Å². The first-order valence-corrected chi connectivity index (χ1v) is 3.93. The molecule has 3 nitrogen and oxygen atoms in total. The van der Waals surface area contributed by atoms with E-state index in [4.69, 9.17) is 0 Å². The lowest BCUT2D eigenvalue weighted by Crippen LogP contribution is -2.24. The van der Waals surface area contributed by atoms with Gasteiger partial charge in [-0.15, -0.1) is 6.58 Å². The molecule has 0 aromatic carbocycles. The van der Waals surface area contributed by atoms with E-state index in [2.05, 4.69) is 11.3 Å². The van der Waals surface area contributed by atoms with Gasteiger partial charge in [-0.05, 0) is 12.3 Å². The number of carbonyl (C=O) groups is 2. The maximum Gasteiger partial charge on any atom is 0.316 e. The van der Waals surface area contributed by atoms with Crippen LogP contribution in [-0.4, -0.2) is 18.9 Å². The molecular weight excluding hydrogens is 156 g/mol. The molecule has 1 rings (SSSR count). The molecule has 3 heteroatoms. The number of Topliss-reactive ketones (excluding diaryl/α,β-unsaturated/α-hetero) is 1. The summed E-state index contributed by atoms with van der Waals surface area (Å²) in [7, 11) is 1.30. The number of allylic oxidation sites excluding steroid dienone is 1. The number of hydrogen-bond acceptors (Lipinski definition) is 3. The fourth-order valence-corrected chi connectivity index (χ4v) is 1.56. The molecule has 12 heavy (non-hydrogen) atoms. The quantitative estimate of drug-likeness (QED) is 0.350. The molecule has 0 amide bonds. The van der Waals surface area contributed by atoms with E-state index in [1.807, 2.05) is 0 Å². The number of carbonyl (C=O) groups excluding carboxylic acids is 2. The molecule has 1 saturated carbocycles. The van der Waals surface area contributed by atoms with Crippen molar-refractivity contribution in [2.45, 2.75) is 12.8 Å². The number of esters is 1. The molecule has 0 heterocycles. The largest absolute Gasteiger partial charge is 0.468 e. The Morgan fingerprint density at radius 1 is 1.75 bits per heavy atom. The highest BCUT2D eigenvalue weighted by Crippen LogP contribution is 2.30. The van der Waals surface area contributed by atoms with E-state index in [1.165, 1.54) is 7.11 Å². The van der Waals surface area contributed by atoms with Crippen LogP contribution in [0.5, 0.6) is 0 Å². The summed E-state index contributed by atoms with van der Waals surface area (Å²) >= 11 is 0. The molecule has 1 aliphatic carbocycles. The van der Waals surface area contributed by atoms with Gasteiger partial charge in [-0.3, -0.25) is 9.59 Å². The highest BCUT2D eigenvalue weighted by atomic mass is 16.5. The average Bonchev–Trinajstić information content (AvgIpc) is 2.45. The van der Waals surface area contributed by atoms with Crippen LogP contribution in [0.25, 0.3) is 0 Å². The second-order valence-electron chi connectivity index (χ2n) is 2.91. The van der Waals surface area contributed by atoms with Gasteiger partial charge in [-0.1, -0.05) is 6.08 Å². The van der Waals surface area contributed by atoms with Gasteiger partial charge in [0.25, 0.3) is 0 Å². The number of ether oxygens (including phenoxy) is 1. The first-order chi connectivity index (χ1) is 5.70. The maximum atomic E-state index is 11.2. The minimum Gasteiger partial charge on any atom is -0.468 e. The minimum absolute atomic E-state index is 0.0215. The van der Waals surface area contributed by atoms with Crippen molar-refractivity contribution >= 4 is 11.8 Å².